The molecule has 1 aromatic heterocycles. The summed E-state index contributed by atoms with van der Waals surface area (Å²) < 4.78 is 28.5. The molecule has 282 valence electrons. The van der Waals surface area contributed by atoms with Crippen molar-refractivity contribution in [2.45, 2.75) is 81.6 Å². The highest BCUT2D eigenvalue weighted by molar-refractivity contribution is 7.89. The summed E-state index contributed by atoms with van der Waals surface area (Å²) in [5.41, 5.74) is 4.49. The van der Waals surface area contributed by atoms with E-state index in [1.807, 2.05) is 36.4 Å². The minimum Gasteiger partial charge on any atom is -0.481 e. The summed E-state index contributed by atoms with van der Waals surface area (Å²) >= 11 is 1.38. The van der Waals surface area contributed by atoms with Crippen LogP contribution in [0.2, 0.25) is 0 Å². The van der Waals surface area contributed by atoms with Gasteiger partial charge >= 0.3 is 11.9 Å². The van der Waals surface area contributed by atoms with Gasteiger partial charge in [0.2, 0.25) is 10.0 Å². The maximum absolute atomic E-state index is 13.8. The lowest BCUT2D eigenvalue weighted by Crippen LogP contribution is -2.40. The van der Waals surface area contributed by atoms with Gasteiger partial charge in [0, 0.05) is 40.0 Å². The van der Waals surface area contributed by atoms with Gasteiger partial charge in [0.25, 0.3) is 11.8 Å². The van der Waals surface area contributed by atoms with Gasteiger partial charge in [-0.15, -0.1) is 16.2 Å². The number of amides is 3. The van der Waals surface area contributed by atoms with Crippen molar-refractivity contribution < 1.29 is 32.7 Å². The first-order valence-corrected chi connectivity index (χ1v) is 20.3. The van der Waals surface area contributed by atoms with Crippen LogP contribution in [0.3, 0.4) is 0 Å². The van der Waals surface area contributed by atoms with Crippen molar-refractivity contribution in [1.82, 2.24) is 4.31 Å². The molecule has 3 N–H and O–H groups in total. The van der Waals surface area contributed by atoms with Crippen LogP contribution in [-0.4, -0.2) is 54.6 Å². The molecule has 4 aromatic rings. The predicted octanol–water partition coefficient (Wildman–Crippen LogP) is 7.48. The number of hydrogen-bond donors (Lipinski definition) is 3. The molecule has 54 heavy (non-hydrogen) atoms. The van der Waals surface area contributed by atoms with Crippen molar-refractivity contribution in [3.63, 3.8) is 0 Å². The second-order valence-electron chi connectivity index (χ2n) is 13.9. The lowest BCUT2D eigenvalue weighted by molar-refractivity contribution is -0.143. The Balaban J connectivity index is 1.11. The number of thiophene rings is 1. The summed E-state index contributed by atoms with van der Waals surface area (Å²) in [6.45, 7) is 0. The zero-order chi connectivity index (χ0) is 38.4. The van der Waals surface area contributed by atoms with Crippen molar-refractivity contribution in [2.24, 2.45) is 11.1 Å². The lowest BCUT2D eigenvalue weighted by Gasteiger charge is -2.32. The second-order valence-corrected chi connectivity index (χ2v) is 17.0. The molecule has 6 rings (SSSR count). The van der Waals surface area contributed by atoms with Gasteiger partial charge in [-0.05, 0) is 130 Å². The Hall–Kier alpha value is -5.05. The van der Waals surface area contributed by atoms with Crippen molar-refractivity contribution in [2.75, 3.05) is 17.7 Å². The summed E-state index contributed by atoms with van der Waals surface area (Å²) in [6.07, 6.45) is 7.55. The van der Waals surface area contributed by atoms with Crippen molar-refractivity contribution in [1.29, 1.82) is 0 Å². The molecule has 1 heterocycles. The Kier molecular flexibility index (Phi) is 12.1. The number of benzene rings is 3. The first-order valence-electron chi connectivity index (χ1n) is 18.1. The van der Waals surface area contributed by atoms with Gasteiger partial charge in [0.05, 0.1) is 16.4 Å². The van der Waals surface area contributed by atoms with Gasteiger partial charge in [-0.25, -0.2) is 8.42 Å². The molecule has 0 saturated heterocycles. The summed E-state index contributed by atoms with van der Waals surface area (Å²) in [4.78, 5) is 61.8. The van der Waals surface area contributed by atoms with E-state index in [0.29, 0.717) is 48.4 Å². The Morgan fingerprint density at radius 3 is 2.13 bits per heavy atom. The number of sulfonamides is 1. The number of carboxylic acid groups (broad SMARTS) is 1. The number of nitrogens with one attached hydrogen (secondary N) is 2. The number of carbonyl (C=O) groups is 4. The van der Waals surface area contributed by atoms with Crippen LogP contribution in [0.4, 0.5) is 10.7 Å². The molecule has 0 unspecified atom stereocenters. The van der Waals surface area contributed by atoms with Crippen LogP contribution in [0.15, 0.2) is 82.9 Å². The van der Waals surface area contributed by atoms with Crippen LogP contribution in [0, 0.1) is 10.8 Å². The minimum atomic E-state index is -3.97. The Bertz CT molecular complexity index is 2160. The summed E-state index contributed by atoms with van der Waals surface area (Å²) in [6, 6.07) is 19.9. The molecule has 0 aliphatic heterocycles. The second kappa shape index (κ2) is 17.0. The van der Waals surface area contributed by atoms with Gasteiger partial charge in [0.15, 0.2) is 0 Å². The summed E-state index contributed by atoms with van der Waals surface area (Å²) in [5, 5.41) is 18.1. The molecule has 0 radical (unpaired) electrons. The fourth-order valence-electron chi connectivity index (χ4n) is 7.23. The van der Waals surface area contributed by atoms with E-state index in [1.165, 1.54) is 47.0 Å². The Labute approximate surface area is 318 Å². The van der Waals surface area contributed by atoms with Gasteiger partial charge in [-0.3, -0.25) is 19.2 Å². The van der Waals surface area contributed by atoms with Gasteiger partial charge in [0.1, 0.15) is 5.00 Å². The maximum Gasteiger partial charge on any atom is 0.316 e. The van der Waals surface area contributed by atoms with E-state index in [0.717, 1.165) is 60.1 Å². The summed E-state index contributed by atoms with van der Waals surface area (Å²) in [5.74, 6) is -2.98. The molecule has 1 saturated carbocycles. The van der Waals surface area contributed by atoms with Crippen molar-refractivity contribution in [3.05, 3.63) is 116 Å². The molecule has 3 aromatic carbocycles. The first kappa shape index (κ1) is 38.7. The maximum atomic E-state index is 13.8. The zero-order valence-electron chi connectivity index (χ0n) is 29.9. The molecule has 2 aliphatic rings. The van der Waals surface area contributed by atoms with Crippen molar-refractivity contribution >= 4 is 55.7 Å². The number of nitrogens with zero attached hydrogens (tertiary/aromatic N) is 2. The Morgan fingerprint density at radius 2 is 1.48 bits per heavy atom. The first-order chi connectivity index (χ1) is 25.9. The number of carboxylic acids is 1. The van der Waals surface area contributed by atoms with Crippen molar-refractivity contribution in [3.8, 4) is 0 Å². The molecule has 3 amide bonds. The number of hydrogen-bond acceptors (Lipinski definition) is 8. The highest BCUT2D eigenvalue weighted by Gasteiger charge is 2.34. The summed E-state index contributed by atoms with van der Waals surface area (Å²) in [7, 11) is -2.47. The molecule has 0 atom stereocenters. The SMILES string of the molecule is CN(C1CCC(C(=O)O)CC1)S(=O)(=O)c1cccc(C(=O)Nc2sc3c(c2C(=O)Nc2ccc(CCCc4ccc(C(=O)N=O)cc4)cc2)CCCC3)c1. The molecule has 1 fully saturated rings. The van der Waals surface area contributed by atoms with Crippen LogP contribution in [-0.2, 0) is 40.5 Å². The number of nitroso groups, excluding NO2 is 1. The quantitative estimate of drug-likeness (QED) is 0.117. The third kappa shape index (κ3) is 8.83. The van der Waals surface area contributed by atoms with E-state index in [9.17, 15) is 37.6 Å². The molecular formula is C40H42N4O8S2. The van der Waals surface area contributed by atoms with E-state index in [-0.39, 0.29) is 28.0 Å². The average Bonchev–Trinajstić information content (AvgIpc) is 3.56. The van der Waals surface area contributed by atoms with Gasteiger partial charge in [-0.1, -0.05) is 30.3 Å². The van der Waals surface area contributed by atoms with Gasteiger partial charge < -0.3 is 15.7 Å². The molecule has 0 bridgehead atoms. The fraction of sp³-hybridized carbons (Fsp3) is 0.350. The normalized spacial score (nSPS) is 17.0. The van der Waals surface area contributed by atoms with E-state index < -0.39 is 33.7 Å². The van der Waals surface area contributed by atoms with E-state index >= 15 is 0 Å². The third-order valence-corrected chi connectivity index (χ3v) is 13.5. The van der Waals surface area contributed by atoms with E-state index in [1.54, 1.807) is 12.1 Å². The average molecular weight is 771 g/mol. The number of rotatable bonds is 13. The zero-order valence-corrected chi connectivity index (χ0v) is 31.5. The number of aryl methyl sites for hydroxylation is 3. The van der Waals surface area contributed by atoms with E-state index in [2.05, 4.69) is 15.8 Å². The molecular weight excluding hydrogens is 729 g/mol. The molecule has 0 spiro atoms. The largest absolute Gasteiger partial charge is 0.481 e. The topological polar surface area (TPSA) is 179 Å². The third-order valence-electron chi connectivity index (χ3n) is 10.4. The lowest BCUT2D eigenvalue weighted by atomic mass is 9.86. The fourth-order valence-corrected chi connectivity index (χ4v) is 9.97. The molecule has 14 heteroatoms. The molecule has 2 aliphatic carbocycles. The van der Waals surface area contributed by atoms with Crippen LogP contribution >= 0.6 is 11.3 Å². The van der Waals surface area contributed by atoms with Crippen LogP contribution < -0.4 is 10.6 Å². The smallest absolute Gasteiger partial charge is 0.316 e. The predicted molar refractivity (Wildman–Crippen MR) is 207 cm³/mol. The highest BCUT2D eigenvalue weighted by atomic mass is 32.2. The number of carbonyl (C=O) groups excluding carboxylic acids is 3. The van der Waals surface area contributed by atoms with Gasteiger partial charge in [-0.2, -0.15) is 4.31 Å². The highest BCUT2D eigenvalue weighted by Crippen LogP contribution is 2.39. The minimum absolute atomic E-state index is 0.0369. The number of fused-ring (bicyclic) bond motifs is 1. The van der Waals surface area contributed by atoms with Crippen LogP contribution in [0.5, 0.6) is 0 Å². The van der Waals surface area contributed by atoms with Crippen LogP contribution in [0.1, 0.15) is 97.6 Å². The monoisotopic (exact) mass is 770 g/mol. The van der Waals surface area contributed by atoms with E-state index in [4.69, 9.17) is 0 Å². The standard InChI is InChI=1S/C40H42N4O8S2/c1-44(31-22-18-28(19-23-31)40(48)49)54(51,52)32-9-5-8-29(24-32)36(45)42-39-35(33-10-2-3-11-34(33)53-39)38(47)41-30-20-14-26(15-21-30)7-4-6-25-12-16-27(17-13-25)37(46)43-50/h5,8-9,12-17,20-21,24,28,31H,2-4,6-7,10-11,18-19,22-23H2,1H3,(H,41,47)(H,42,45)(H,48,49). The Morgan fingerprint density at radius 1 is 0.833 bits per heavy atom. The van der Waals surface area contributed by atoms with Crippen LogP contribution in [0.25, 0.3) is 0 Å². The molecule has 12 nitrogen and oxygen atoms in total. The number of aliphatic carboxylic acids is 1. The number of anilines is 2.